The van der Waals surface area contributed by atoms with Crippen molar-refractivity contribution in [3.05, 3.63) is 88.6 Å². The normalized spacial score (nSPS) is 21.5. The smallest absolute Gasteiger partial charge is 0.255 e. The summed E-state index contributed by atoms with van der Waals surface area (Å²) in [7, 11) is 1.97. The van der Waals surface area contributed by atoms with E-state index in [9.17, 15) is 19.5 Å². The Morgan fingerprint density at radius 3 is 2.44 bits per heavy atom. The zero-order valence-corrected chi connectivity index (χ0v) is 28.7. The van der Waals surface area contributed by atoms with Crippen LogP contribution in [0.2, 0.25) is 0 Å². The Balaban J connectivity index is 0.823. The number of aromatic nitrogens is 2. The van der Waals surface area contributed by atoms with Crippen molar-refractivity contribution in [3.63, 3.8) is 0 Å². The van der Waals surface area contributed by atoms with Crippen molar-refractivity contribution in [2.45, 2.75) is 76.3 Å². The monoisotopic (exact) mass is 676 g/mol. The quantitative estimate of drug-likeness (QED) is 0.280. The number of carbonyl (C=O) groups excluding carboxylic acids is 3. The van der Waals surface area contributed by atoms with E-state index in [1.54, 1.807) is 11.0 Å². The topological polar surface area (TPSA) is 120 Å². The van der Waals surface area contributed by atoms with Crippen LogP contribution in [0.5, 0.6) is 5.75 Å². The SMILES string of the molecule is Cc1nn(C)c2cc(OC3CCN(c4ccc(CN5CCC(O)(c6ccc7c(c6)CN(C6CCC(=O)NC6=O)C7=O)CC5)cc4)CC3)ccc12. The van der Waals surface area contributed by atoms with E-state index in [0.29, 0.717) is 31.4 Å². The standard InChI is InChI=1S/C39H44N6O5/c1-25-32-10-8-31(22-35(32)42(2)41-25)50-30-13-17-44(18-14-30)29-6-3-26(4-7-29)23-43-19-15-39(49,16-20-43)28-5-9-33-27(21-28)24-45(38(33)48)34-11-12-36(46)40-37(34)47/h3-10,21-22,30,34,49H,11-20,23-24H2,1-2H3,(H,40,46,47). The molecule has 0 aliphatic carbocycles. The van der Waals surface area contributed by atoms with E-state index < -0.39 is 17.6 Å². The van der Waals surface area contributed by atoms with Crippen LogP contribution in [0.1, 0.15) is 71.3 Å². The second kappa shape index (κ2) is 12.9. The molecule has 4 aromatic rings. The molecule has 11 nitrogen and oxygen atoms in total. The molecule has 3 aromatic carbocycles. The fourth-order valence-corrected chi connectivity index (χ4v) is 8.22. The van der Waals surface area contributed by atoms with Gasteiger partial charge in [-0.1, -0.05) is 24.3 Å². The zero-order valence-electron chi connectivity index (χ0n) is 28.7. The van der Waals surface area contributed by atoms with Crippen molar-refractivity contribution >= 4 is 34.3 Å². The van der Waals surface area contributed by atoms with Gasteiger partial charge in [-0.25, -0.2) is 0 Å². The summed E-state index contributed by atoms with van der Waals surface area (Å²) in [5.41, 5.74) is 5.85. The first-order valence-corrected chi connectivity index (χ1v) is 17.8. The number of amides is 3. The van der Waals surface area contributed by atoms with E-state index in [0.717, 1.165) is 79.0 Å². The number of anilines is 1. The number of benzene rings is 3. The maximum atomic E-state index is 13.1. The molecule has 4 aliphatic rings. The number of carbonyl (C=O) groups is 3. The van der Waals surface area contributed by atoms with Gasteiger partial charge in [-0.15, -0.1) is 0 Å². The van der Waals surface area contributed by atoms with Gasteiger partial charge in [-0.2, -0.15) is 5.10 Å². The maximum absolute atomic E-state index is 13.1. The number of piperidine rings is 3. The van der Waals surface area contributed by atoms with Crippen molar-refractivity contribution < 1.29 is 24.2 Å². The fraction of sp³-hybridized carbons (Fsp3) is 0.436. The van der Waals surface area contributed by atoms with Crippen LogP contribution in [-0.4, -0.2) is 80.7 Å². The highest BCUT2D eigenvalue weighted by Gasteiger charge is 2.41. The van der Waals surface area contributed by atoms with Gasteiger partial charge in [0.2, 0.25) is 11.8 Å². The number of rotatable bonds is 7. The van der Waals surface area contributed by atoms with E-state index in [-0.39, 0.29) is 24.3 Å². The summed E-state index contributed by atoms with van der Waals surface area (Å²) in [6.45, 7) is 6.59. The zero-order chi connectivity index (χ0) is 34.6. The van der Waals surface area contributed by atoms with Crippen molar-refractivity contribution in [1.82, 2.24) is 24.9 Å². The lowest BCUT2D eigenvalue weighted by atomic mass is 9.83. The number of aliphatic hydroxyl groups is 1. The third kappa shape index (κ3) is 6.13. The van der Waals surface area contributed by atoms with E-state index >= 15 is 0 Å². The molecule has 1 unspecified atom stereocenters. The summed E-state index contributed by atoms with van der Waals surface area (Å²) in [5, 5.41) is 19.7. The van der Waals surface area contributed by atoms with Gasteiger partial charge >= 0.3 is 0 Å². The Labute approximate surface area is 291 Å². The van der Waals surface area contributed by atoms with Crippen LogP contribution in [0.15, 0.2) is 60.7 Å². The van der Waals surface area contributed by atoms with Crippen LogP contribution >= 0.6 is 0 Å². The third-order valence-corrected chi connectivity index (χ3v) is 11.2. The number of ether oxygens (including phenoxy) is 1. The lowest BCUT2D eigenvalue weighted by molar-refractivity contribution is -0.136. The van der Waals surface area contributed by atoms with Crippen molar-refractivity contribution in [3.8, 4) is 5.75 Å². The summed E-state index contributed by atoms with van der Waals surface area (Å²) in [5.74, 6) is -0.00784. The van der Waals surface area contributed by atoms with Gasteiger partial charge in [0, 0.05) is 88.3 Å². The Bertz CT molecular complexity index is 1960. The molecule has 4 aliphatic heterocycles. The van der Waals surface area contributed by atoms with Crippen LogP contribution in [0.4, 0.5) is 5.69 Å². The molecule has 3 fully saturated rings. The van der Waals surface area contributed by atoms with Crippen LogP contribution in [0, 0.1) is 6.92 Å². The van der Waals surface area contributed by atoms with Crippen LogP contribution in [0.25, 0.3) is 10.9 Å². The molecular weight excluding hydrogens is 632 g/mol. The number of nitrogens with one attached hydrogen (secondary N) is 1. The largest absolute Gasteiger partial charge is 0.490 e. The number of hydrogen-bond donors (Lipinski definition) is 2. The maximum Gasteiger partial charge on any atom is 0.255 e. The average molecular weight is 677 g/mol. The fourth-order valence-electron chi connectivity index (χ4n) is 8.22. The van der Waals surface area contributed by atoms with Crippen LogP contribution in [-0.2, 0) is 35.3 Å². The second-order valence-corrected chi connectivity index (χ2v) is 14.4. The summed E-state index contributed by atoms with van der Waals surface area (Å²) in [6.07, 6.45) is 3.89. The van der Waals surface area contributed by atoms with E-state index in [1.807, 2.05) is 30.8 Å². The molecule has 3 saturated heterocycles. The molecule has 2 N–H and O–H groups in total. The van der Waals surface area contributed by atoms with Crippen LogP contribution < -0.4 is 15.0 Å². The lowest BCUT2D eigenvalue weighted by Gasteiger charge is -2.39. The predicted molar refractivity (Wildman–Crippen MR) is 189 cm³/mol. The lowest BCUT2D eigenvalue weighted by Crippen LogP contribution is -2.52. The first-order chi connectivity index (χ1) is 24.1. The number of likely N-dealkylation sites (tertiary alicyclic amines) is 1. The second-order valence-electron chi connectivity index (χ2n) is 14.4. The highest BCUT2D eigenvalue weighted by Crippen LogP contribution is 2.37. The number of fused-ring (bicyclic) bond motifs is 2. The number of imide groups is 1. The van der Waals surface area contributed by atoms with Gasteiger partial charge in [-0.05, 0) is 73.2 Å². The summed E-state index contributed by atoms with van der Waals surface area (Å²) in [6, 6.07) is 20.1. The van der Waals surface area contributed by atoms with E-state index in [4.69, 9.17) is 4.74 Å². The van der Waals surface area contributed by atoms with Gasteiger partial charge in [0.05, 0.1) is 16.8 Å². The summed E-state index contributed by atoms with van der Waals surface area (Å²) in [4.78, 5) is 43.5. The molecular formula is C39H44N6O5. The Morgan fingerprint density at radius 2 is 1.70 bits per heavy atom. The molecule has 260 valence electrons. The molecule has 1 aromatic heterocycles. The molecule has 5 heterocycles. The van der Waals surface area contributed by atoms with Gasteiger partial charge in [-0.3, -0.25) is 29.3 Å². The minimum absolute atomic E-state index is 0.196. The van der Waals surface area contributed by atoms with Crippen LogP contribution in [0.3, 0.4) is 0 Å². The molecule has 1 atom stereocenters. The summed E-state index contributed by atoms with van der Waals surface area (Å²) >= 11 is 0. The van der Waals surface area contributed by atoms with Gasteiger partial charge in [0.15, 0.2) is 0 Å². The minimum atomic E-state index is -0.972. The first kappa shape index (κ1) is 32.5. The highest BCUT2D eigenvalue weighted by atomic mass is 16.5. The number of nitrogens with zero attached hydrogens (tertiary/aromatic N) is 5. The highest BCUT2D eigenvalue weighted by molar-refractivity contribution is 6.05. The van der Waals surface area contributed by atoms with Crippen molar-refractivity contribution in [2.24, 2.45) is 7.05 Å². The molecule has 0 saturated carbocycles. The Morgan fingerprint density at radius 1 is 0.940 bits per heavy atom. The Hall–Kier alpha value is -4.74. The van der Waals surface area contributed by atoms with Crippen molar-refractivity contribution in [1.29, 1.82) is 0 Å². The minimum Gasteiger partial charge on any atom is -0.490 e. The number of hydrogen-bond acceptors (Lipinski definition) is 8. The molecule has 8 rings (SSSR count). The summed E-state index contributed by atoms with van der Waals surface area (Å²) < 4.78 is 8.30. The molecule has 0 bridgehead atoms. The van der Waals surface area contributed by atoms with Gasteiger partial charge in [0.1, 0.15) is 17.9 Å². The predicted octanol–water partition coefficient (Wildman–Crippen LogP) is 4.17. The average Bonchev–Trinajstić information content (AvgIpc) is 3.60. The van der Waals surface area contributed by atoms with Gasteiger partial charge < -0.3 is 19.6 Å². The molecule has 11 heteroatoms. The molecule has 50 heavy (non-hydrogen) atoms. The number of aryl methyl sites for hydroxylation is 2. The molecule has 0 spiro atoms. The van der Waals surface area contributed by atoms with Gasteiger partial charge in [0.25, 0.3) is 5.91 Å². The van der Waals surface area contributed by atoms with E-state index in [1.165, 1.54) is 11.3 Å². The first-order valence-electron chi connectivity index (χ1n) is 17.8. The molecule has 3 amide bonds. The third-order valence-electron chi connectivity index (χ3n) is 11.2. The van der Waals surface area contributed by atoms with E-state index in [2.05, 4.69) is 62.7 Å². The molecule has 0 radical (unpaired) electrons. The van der Waals surface area contributed by atoms with Crippen molar-refractivity contribution in [2.75, 3.05) is 31.1 Å². The Kier molecular flexibility index (Phi) is 8.35.